The Hall–Kier alpha value is -0.830. The summed E-state index contributed by atoms with van der Waals surface area (Å²) in [7, 11) is 1.57. The molecule has 3 nitrogen and oxygen atoms in total. The van der Waals surface area contributed by atoms with Gasteiger partial charge >= 0.3 is 0 Å². The first-order valence-electron chi connectivity index (χ1n) is 2.63. The number of amides is 1. The third kappa shape index (κ3) is 2.87. The Morgan fingerprint density at radius 1 is 1.89 bits per heavy atom. The number of hydrogen-bond donors (Lipinski definition) is 1. The van der Waals surface area contributed by atoms with E-state index in [9.17, 15) is 4.79 Å². The minimum Gasteiger partial charge on any atom is -0.395 e. The van der Waals surface area contributed by atoms with Gasteiger partial charge in [0, 0.05) is 19.7 Å². The standard InChI is InChI=1S/C6H10NO2/c1-3-6(9)7(2)4-5-8/h1,3,8H,4-5H2,2H3. The molecule has 51 valence electrons. The monoisotopic (exact) mass is 128 g/mol. The number of rotatable bonds is 3. The molecule has 0 spiro atoms. The maximum atomic E-state index is 10.5. The number of nitrogens with zero attached hydrogens (tertiary/aromatic N) is 1. The summed E-state index contributed by atoms with van der Waals surface area (Å²) in [6.07, 6.45) is 0.968. The smallest absolute Gasteiger partial charge is 0.246 e. The number of carbonyl (C=O) groups excluding carboxylic acids is 1. The lowest BCUT2D eigenvalue weighted by molar-refractivity contribution is -0.125. The lowest BCUT2D eigenvalue weighted by Gasteiger charge is -2.11. The molecule has 0 aromatic heterocycles. The van der Waals surface area contributed by atoms with Crippen molar-refractivity contribution in [2.24, 2.45) is 0 Å². The number of aliphatic hydroxyl groups excluding tert-OH is 1. The highest BCUT2D eigenvalue weighted by atomic mass is 16.3. The summed E-state index contributed by atoms with van der Waals surface area (Å²) in [6.45, 7) is 5.20. The molecule has 0 saturated heterocycles. The Bertz CT molecular complexity index is 112. The van der Waals surface area contributed by atoms with Gasteiger partial charge in [0.05, 0.1) is 6.61 Å². The number of carbonyl (C=O) groups is 1. The minimum atomic E-state index is -0.274. The van der Waals surface area contributed by atoms with Crippen LogP contribution >= 0.6 is 0 Å². The van der Waals surface area contributed by atoms with Crippen molar-refractivity contribution in [1.82, 2.24) is 4.90 Å². The second-order valence-corrected chi connectivity index (χ2v) is 1.65. The lowest BCUT2D eigenvalue weighted by atomic mass is 10.5. The van der Waals surface area contributed by atoms with Crippen LogP contribution in [0.15, 0.2) is 6.08 Å². The van der Waals surface area contributed by atoms with Crippen molar-refractivity contribution < 1.29 is 9.90 Å². The van der Waals surface area contributed by atoms with Crippen LogP contribution in [0.2, 0.25) is 0 Å². The average molecular weight is 128 g/mol. The molecule has 1 N–H and O–H groups in total. The van der Waals surface area contributed by atoms with Gasteiger partial charge in [0.25, 0.3) is 0 Å². The molecule has 0 heterocycles. The van der Waals surface area contributed by atoms with Crippen LogP contribution in [0.5, 0.6) is 0 Å². The normalized spacial score (nSPS) is 8.67. The third-order valence-electron chi connectivity index (χ3n) is 0.954. The first kappa shape index (κ1) is 8.17. The molecule has 1 amide bonds. The number of aliphatic hydroxyl groups is 1. The Labute approximate surface area is 54.6 Å². The maximum absolute atomic E-state index is 10.5. The van der Waals surface area contributed by atoms with Gasteiger partial charge in [-0.2, -0.15) is 0 Å². The predicted octanol–water partition coefficient (Wildman–Crippen LogP) is -0.574. The van der Waals surface area contributed by atoms with Gasteiger partial charge in [0.1, 0.15) is 0 Å². The van der Waals surface area contributed by atoms with E-state index in [0.29, 0.717) is 6.54 Å². The fraction of sp³-hybridized carbons (Fsp3) is 0.500. The number of likely N-dealkylation sites (N-methyl/N-ethyl adjacent to an activating group) is 1. The summed E-state index contributed by atoms with van der Waals surface area (Å²) in [6, 6.07) is 0. The molecule has 0 bridgehead atoms. The molecule has 0 aliphatic rings. The topological polar surface area (TPSA) is 40.5 Å². The van der Waals surface area contributed by atoms with Crippen molar-refractivity contribution in [2.45, 2.75) is 0 Å². The fourth-order valence-electron chi connectivity index (χ4n) is 0.387. The molecular formula is C6H10NO2. The van der Waals surface area contributed by atoms with Gasteiger partial charge in [-0.25, -0.2) is 0 Å². The summed E-state index contributed by atoms with van der Waals surface area (Å²) in [5.74, 6) is -0.274. The molecule has 0 aliphatic heterocycles. The van der Waals surface area contributed by atoms with E-state index in [4.69, 9.17) is 11.7 Å². The fourth-order valence-corrected chi connectivity index (χ4v) is 0.387. The molecule has 1 radical (unpaired) electrons. The molecule has 0 unspecified atom stereocenters. The Kier molecular flexibility index (Phi) is 3.71. The first-order valence-corrected chi connectivity index (χ1v) is 2.63. The van der Waals surface area contributed by atoms with E-state index >= 15 is 0 Å². The van der Waals surface area contributed by atoms with Crippen LogP contribution in [-0.2, 0) is 4.79 Å². The van der Waals surface area contributed by atoms with Crippen LogP contribution in [-0.4, -0.2) is 36.1 Å². The lowest BCUT2D eigenvalue weighted by Crippen LogP contribution is -2.27. The van der Waals surface area contributed by atoms with Crippen LogP contribution in [0.25, 0.3) is 0 Å². The van der Waals surface area contributed by atoms with E-state index in [1.54, 1.807) is 7.05 Å². The molecule has 3 heteroatoms. The molecule has 9 heavy (non-hydrogen) atoms. The Balaban J connectivity index is 3.58. The predicted molar refractivity (Wildman–Crippen MR) is 33.6 cm³/mol. The SMILES string of the molecule is [CH]=CC(=O)N(C)CCO. The quantitative estimate of drug-likeness (QED) is 0.517. The molecule has 0 atom stereocenters. The summed E-state index contributed by atoms with van der Waals surface area (Å²) >= 11 is 0. The van der Waals surface area contributed by atoms with Crippen LogP contribution in [0.1, 0.15) is 0 Å². The zero-order valence-electron chi connectivity index (χ0n) is 5.37. The average Bonchev–Trinajstić information content (AvgIpc) is 1.87. The van der Waals surface area contributed by atoms with Crippen molar-refractivity contribution in [3.63, 3.8) is 0 Å². The van der Waals surface area contributed by atoms with Gasteiger partial charge in [-0.15, -0.1) is 0 Å². The molecular weight excluding hydrogens is 118 g/mol. The maximum Gasteiger partial charge on any atom is 0.246 e. The summed E-state index contributed by atoms with van der Waals surface area (Å²) < 4.78 is 0. The zero-order valence-corrected chi connectivity index (χ0v) is 5.37. The second kappa shape index (κ2) is 4.09. The van der Waals surface area contributed by atoms with Crippen LogP contribution in [0, 0.1) is 6.58 Å². The van der Waals surface area contributed by atoms with Gasteiger partial charge < -0.3 is 10.0 Å². The largest absolute Gasteiger partial charge is 0.395 e. The van der Waals surface area contributed by atoms with E-state index in [-0.39, 0.29) is 12.5 Å². The van der Waals surface area contributed by atoms with Gasteiger partial charge in [-0.3, -0.25) is 4.79 Å². The minimum absolute atomic E-state index is 0.0317. The van der Waals surface area contributed by atoms with Crippen molar-refractivity contribution >= 4 is 5.91 Å². The summed E-state index contributed by atoms with van der Waals surface area (Å²) in [5.41, 5.74) is 0. The highest BCUT2D eigenvalue weighted by molar-refractivity contribution is 5.86. The van der Waals surface area contributed by atoms with E-state index in [0.717, 1.165) is 6.08 Å². The third-order valence-corrected chi connectivity index (χ3v) is 0.954. The van der Waals surface area contributed by atoms with Crippen molar-refractivity contribution in [2.75, 3.05) is 20.2 Å². The molecule has 0 aromatic carbocycles. The first-order chi connectivity index (χ1) is 4.22. The van der Waals surface area contributed by atoms with E-state index in [1.807, 2.05) is 0 Å². The van der Waals surface area contributed by atoms with Gasteiger partial charge in [-0.1, -0.05) is 6.58 Å². The van der Waals surface area contributed by atoms with Crippen LogP contribution in [0.3, 0.4) is 0 Å². The molecule has 0 aromatic rings. The second-order valence-electron chi connectivity index (χ2n) is 1.65. The van der Waals surface area contributed by atoms with Gasteiger partial charge in [0.15, 0.2) is 0 Å². The number of hydrogen-bond acceptors (Lipinski definition) is 2. The molecule has 0 fully saturated rings. The van der Waals surface area contributed by atoms with Crippen molar-refractivity contribution in [3.05, 3.63) is 12.7 Å². The van der Waals surface area contributed by atoms with Crippen molar-refractivity contribution in [1.29, 1.82) is 0 Å². The molecule has 0 saturated carbocycles. The summed E-state index contributed by atoms with van der Waals surface area (Å²) in [5, 5.41) is 8.33. The van der Waals surface area contributed by atoms with E-state index < -0.39 is 0 Å². The highest BCUT2D eigenvalue weighted by Crippen LogP contribution is 1.82. The van der Waals surface area contributed by atoms with Crippen molar-refractivity contribution in [3.8, 4) is 0 Å². The molecule has 0 aliphatic carbocycles. The van der Waals surface area contributed by atoms with E-state index in [2.05, 4.69) is 0 Å². The zero-order chi connectivity index (χ0) is 7.28. The molecule has 0 rings (SSSR count). The van der Waals surface area contributed by atoms with E-state index in [1.165, 1.54) is 4.90 Å². The Morgan fingerprint density at radius 2 is 2.44 bits per heavy atom. The van der Waals surface area contributed by atoms with Gasteiger partial charge in [0.2, 0.25) is 5.91 Å². The van der Waals surface area contributed by atoms with Crippen LogP contribution in [0.4, 0.5) is 0 Å². The highest BCUT2D eigenvalue weighted by Gasteiger charge is 2.00. The van der Waals surface area contributed by atoms with Crippen LogP contribution < -0.4 is 0 Å². The summed E-state index contributed by atoms with van der Waals surface area (Å²) in [4.78, 5) is 11.9. The van der Waals surface area contributed by atoms with Gasteiger partial charge in [-0.05, 0) is 0 Å². The Morgan fingerprint density at radius 3 is 2.78 bits per heavy atom.